The van der Waals surface area contributed by atoms with E-state index in [1.165, 1.54) is 12.8 Å². The van der Waals surface area contributed by atoms with Crippen LogP contribution in [0.15, 0.2) is 0 Å². The summed E-state index contributed by atoms with van der Waals surface area (Å²) in [6.07, 6.45) is 2.59. The second-order valence-corrected chi connectivity index (χ2v) is 4.05. The van der Waals surface area contributed by atoms with Crippen molar-refractivity contribution >= 4 is 5.91 Å². The number of methoxy groups -OCH3 is 1. The van der Waals surface area contributed by atoms with Gasteiger partial charge in [-0.1, -0.05) is 0 Å². The lowest BCUT2D eigenvalue weighted by atomic mass is 10.3. The van der Waals surface area contributed by atoms with Gasteiger partial charge in [-0.25, -0.2) is 0 Å². The van der Waals surface area contributed by atoms with E-state index in [9.17, 15) is 4.79 Å². The van der Waals surface area contributed by atoms with Gasteiger partial charge in [-0.2, -0.15) is 0 Å². The molecule has 1 aliphatic carbocycles. The van der Waals surface area contributed by atoms with Crippen LogP contribution in [0.25, 0.3) is 0 Å². The van der Waals surface area contributed by atoms with E-state index in [4.69, 9.17) is 4.74 Å². The SMILES string of the molecule is CCN(CC1CC1)C(=O)CNCCOC. The summed E-state index contributed by atoms with van der Waals surface area (Å²) >= 11 is 0. The molecule has 1 aliphatic rings. The first-order valence-electron chi connectivity index (χ1n) is 5.75. The van der Waals surface area contributed by atoms with Gasteiger partial charge in [0.25, 0.3) is 0 Å². The number of nitrogens with zero attached hydrogens (tertiary/aromatic N) is 1. The molecule has 1 rings (SSSR count). The van der Waals surface area contributed by atoms with E-state index >= 15 is 0 Å². The lowest BCUT2D eigenvalue weighted by Gasteiger charge is -2.20. The number of ether oxygens (including phenoxy) is 1. The summed E-state index contributed by atoms with van der Waals surface area (Å²) in [4.78, 5) is 13.7. The molecule has 88 valence electrons. The lowest BCUT2D eigenvalue weighted by Crippen LogP contribution is -2.40. The van der Waals surface area contributed by atoms with Crippen molar-refractivity contribution < 1.29 is 9.53 Å². The van der Waals surface area contributed by atoms with E-state index in [0.29, 0.717) is 13.2 Å². The molecule has 0 aliphatic heterocycles. The highest BCUT2D eigenvalue weighted by Gasteiger charge is 2.25. The average Bonchev–Trinajstić information content (AvgIpc) is 3.04. The van der Waals surface area contributed by atoms with Crippen molar-refractivity contribution in [3.63, 3.8) is 0 Å². The van der Waals surface area contributed by atoms with Crippen molar-refractivity contribution in [2.24, 2.45) is 5.92 Å². The van der Waals surface area contributed by atoms with Crippen LogP contribution in [-0.4, -0.2) is 50.7 Å². The number of rotatable bonds is 8. The summed E-state index contributed by atoms with van der Waals surface area (Å²) in [5.41, 5.74) is 0. The maximum Gasteiger partial charge on any atom is 0.236 e. The molecule has 0 unspecified atom stereocenters. The standard InChI is InChI=1S/C11H22N2O2/c1-3-13(9-10-4-5-10)11(14)8-12-6-7-15-2/h10,12H,3-9H2,1-2H3. The van der Waals surface area contributed by atoms with E-state index in [1.807, 2.05) is 11.8 Å². The van der Waals surface area contributed by atoms with Crippen LogP contribution in [0.2, 0.25) is 0 Å². The first-order chi connectivity index (χ1) is 7.27. The summed E-state index contributed by atoms with van der Waals surface area (Å²) in [5, 5.41) is 3.08. The fourth-order valence-electron chi connectivity index (χ4n) is 1.50. The zero-order valence-electron chi connectivity index (χ0n) is 9.79. The molecule has 0 atom stereocenters. The van der Waals surface area contributed by atoms with E-state index in [1.54, 1.807) is 7.11 Å². The van der Waals surface area contributed by atoms with E-state index in [0.717, 1.165) is 25.6 Å². The smallest absolute Gasteiger partial charge is 0.236 e. The fourth-order valence-corrected chi connectivity index (χ4v) is 1.50. The average molecular weight is 214 g/mol. The molecule has 0 aromatic rings. The Labute approximate surface area is 92.0 Å². The molecule has 0 heterocycles. The third-order valence-corrected chi connectivity index (χ3v) is 2.67. The van der Waals surface area contributed by atoms with Crippen LogP contribution in [-0.2, 0) is 9.53 Å². The number of amides is 1. The maximum atomic E-state index is 11.7. The maximum absolute atomic E-state index is 11.7. The van der Waals surface area contributed by atoms with Crippen molar-refractivity contribution in [3.8, 4) is 0 Å². The number of likely N-dealkylation sites (N-methyl/N-ethyl adjacent to an activating group) is 1. The van der Waals surface area contributed by atoms with Crippen LogP contribution in [0.4, 0.5) is 0 Å². The topological polar surface area (TPSA) is 41.6 Å². The molecule has 0 radical (unpaired) electrons. The van der Waals surface area contributed by atoms with Gasteiger partial charge in [-0.3, -0.25) is 4.79 Å². The van der Waals surface area contributed by atoms with Crippen molar-refractivity contribution in [2.45, 2.75) is 19.8 Å². The molecular weight excluding hydrogens is 192 g/mol. The molecule has 4 nitrogen and oxygen atoms in total. The summed E-state index contributed by atoms with van der Waals surface area (Å²) in [6, 6.07) is 0. The van der Waals surface area contributed by atoms with Crippen LogP contribution >= 0.6 is 0 Å². The molecular formula is C11H22N2O2. The molecule has 4 heteroatoms. The van der Waals surface area contributed by atoms with Gasteiger partial charge in [0.15, 0.2) is 0 Å². The molecule has 1 amide bonds. The number of hydrogen-bond donors (Lipinski definition) is 1. The van der Waals surface area contributed by atoms with Crippen molar-refractivity contribution in [3.05, 3.63) is 0 Å². The Morgan fingerprint density at radius 2 is 2.27 bits per heavy atom. The van der Waals surface area contributed by atoms with Gasteiger partial charge in [0.2, 0.25) is 5.91 Å². The Bertz CT molecular complexity index is 193. The Morgan fingerprint density at radius 1 is 1.53 bits per heavy atom. The Kier molecular flexibility index (Phi) is 5.65. The Morgan fingerprint density at radius 3 is 2.80 bits per heavy atom. The molecule has 1 saturated carbocycles. The zero-order valence-corrected chi connectivity index (χ0v) is 9.79. The van der Waals surface area contributed by atoms with Crippen LogP contribution < -0.4 is 5.32 Å². The predicted molar refractivity (Wildman–Crippen MR) is 59.7 cm³/mol. The number of carbonyl (C=O) groups is 1. The quantitative estimate of drug-likeness (QED) is 0.598. The highest BCUT2D eigenvalue weighted by Crippen LogP contribution is 2.29. The van der Waals surface area contributed by atoms with Crippen LogP contribution in [0.3, 0.4) is 0 Å². The third kappa shape index (κ3) is 5.14. The number of nitrogens with one attached hydrogen (secondary N) is 1. The first kappa shape index (κ1) is 12.5. The van der Waals surface area contributed by atoms with Crippen LogP contribution in [0, 0.1) is 5.92 Å². The minimum Gasteiger partial charge on any atom is -0.383 e. The fraction of sp³-hybridized carbons (Fsp3) is 0.909. The predicted octanol–water partition coefficient (Wildman–Crippen LogP) is 0.481. The second-order valence-electron chi connectivity index (χ2n) is 4.05. The van der Waals surface area contributed by atoms with Crippen molar-refractivity contribution in [1.29, 1.82) is 0 Å². The second kappa shape index (κ2) is 6.80. The van der Waals surface area contributed by atoms with Crippen molar-refractivity contribution in [2.75, 3.05) is 39.9 Å². The Balaban J connectivity index is 2.11. The van der Waals surface area contributed by atoms with Crippen LogP contribution in [0.5, 0.6) is 0 Å². The van der Waals surface area contributed by atoms with E-state index < -0.39 is 0 Å². The Hall–Kier alpha value is -0.610. The molecule has 0 spiro atoms. The van der Waals surface area contributed by atoms with Crippen LogP contribution in [0.1, 0.15) is 19.8 Å². The number of carbonyl (C=O) groups excluding carboxylic acids is 1. The number of hydrogen-bond acceptors (Lipinski definition) is 3. The first-order valence-corrected chi connectivity index (χ1v) is 5.75. The van der Waals surface area contributed by atoms with Gasteiger partial charge in [0.05, 0.1) is 13.2 Å². The molecule has 0 saturated heterocycles. The summed E-state index contributed by atoms with van der Waals surface area (Å²) in [5.74, 6) is 0.980. The minimum atomic E-state index is 0.209. The highest BCUT2D eigenvalue weighted by molar-refractivity contribution is 5.78. The minimum absolute atomic E-state index is 0.209. The summed E-state index contributed by atoms with van der Waals surface area (Å²) in [7, 11) is 1.66. The summed E-state index contributed by atoms with van der Waals surface area (Å²) in [6.45, 7) is 5.63. The van der Waals surface area contributed by atoms with E-state index in [-0.39, 0.29) is 5.91 Å². The van der Waals surface area contributed by atoms with Crippen molar-refractivity contribution in [1.82, 2.24) is 10.2 Å². The molecule has 0 bridgehead atoms. The monoisotopic (exact) mass is 214 g/mol. The van der Waals surface area contributed by atoms with Gasteiger partial charge in [-0.05, 0) is 25.7 Å². The molecule has 1 N–H and O–H groups in total. The lowest BCUT2D eigenvalue weighted by molar-refractivity contribution is -0.130. The van der Waals surface area contributed by atoms with Gasteiger partial charge >= 0.3 is 0 Å². The third-order valence-electron chi connectivity index (χ3n) is 2.67. The highest BCUT2D eigenvalue weighted by atomic mass is 16.5. The largest absolute Gasteiger partial charge is 0.383 e. The van der Waals surface area contributed by atoms with Gasteiger partial charge in [0.1, 0.15) is 0 Å². The molecule has 0 aromatic carbocycles. The van der Waals surface area contributed by atoms with Gasteiger partial charge in [-0.15, -0.1) is 0 Å². The van der Waals surface area contributed by atoms with Gasteiger partial charge in [0, 0.05) is 26.7 Å². The summed E-state index contributed by atoms with van der Waals surface area (Å²) < 4.78 is 4.90. The molecule has 15 heavy (non-hydrogen) atoms. The molecule has 0 aromatic heterocycles. The van der Waals surface area contributed by atoms with Gasteiger partial charge < -0.3 is 15.0 Å². The normalized spacial score (nSPS) is 15.3. The molecule has 1 fully saturated rings. The van der Waals surface area contributed by atoms with E-state index in [2.05, 4.69) is 5.32 Å². The zero-order chi connectivity index (χ0) is 11.1.